The first kappa shape index (κ1) is 8.57. The topological polar surface area (TPSA) is 12.9 Å². The molecule has 1 heterocycles. The van der Waals surface area contributed by atoms with E-state index < -0.39 is 0 Å². The lowest BCUT2D eigenvalue weighted by Gasteiger charge is -2.01. The van der Waals surface area contributed by atoms with Crippen molar-refractivity contribution in [2.24, 2.45) is 0 Å². The average Bonchev–Trinajstić information content (AvgIpc) is 1.94. The van der Waals surface area contributed by atoms with Crippen LogP contribution in [0, 0.1) is 0 Å². The van der Waals surface area contributed by atoms with Gasteiger partial charge in [0.1, 0.15) is 0 Å². The summed E-state index contributed by atoms with van der Waals surface area (Å²) in [5, 5.41) is 0.987. The van der Waals surface area contributed by atoms with Gasteiger partial charge in [-0.05, 0) is 18.6 Å². The van der Waals surface area contributed by atoms with Crippen molar-refractivity contribution in [2.45, 2.75) is 6.92 Å². The fourth-order valence-corrected chi connectivity index (χ4v) is 1.14. The maximum Gasteiger partial charge on any atom is 0.0854 e. The quantitative estimate of drug-likeness (QED) is 0.657. The van der Waals surface area contributed by atoms with Crippen LogP contribution in [-0.4, -0.2) is 4.98 Å². The summed E-state index contributed by atoms with van der Waals surface area (Å²) < 4.78 is 0. The van der Waals surface area contributed by atoms with Crippen LogP contribution in [0.15, 0.2) is 18.8 Å². The first-order valence-electron chi connectivity index (χ1n) is 3.09. The molecule has 0 amide bonds. The number of hydrogen-bond donors (Lipinski definition) is 0. The Hall–Kier alpha value is -0.530. The van der Waals surface area contributed by atoms with E-state index in [0.29, 0.717) is 15.7 Å². The van der Waals surface area contributed by atoms with Crippen molar-refractivity contribution in [2.75, 3.05) is 0 Å². The smallest absolute Gasteiger partial charge is 0.0854 e. The average molecular weight is 188 g/mol. The van der Waals surface area contributed by atoms with E-state index in [1.54, 1.807) is 12.3 Å². The Morgan fingerprint density at radius 1 is 1.55 bits per heavy atom. The summed E-state index contributed by atoms with van der Waals surface area (Å²) in [5.74, 6) is 0. The minimum absolute atomic E-state index is 0.474. The number of pyridine rings is 1. The van der Waals surface area contributed by atoms with E-state index in [0.717, 1.165) is 5.57 Å². The molecule has 58 valence electrons. The normalized spacial score (nSPS) is 9.73. The lowest BCUT2D eigenvalue weighted by Crippen LogP contribution is -1.85. The van der Waals surface area contributed by atoms with Crippen molar-refractivity contribution < 1.29 is 0 Å². The van der Waals surface area contributed by atoms with Crippen molar-refractivity contribution in [3.63, 3.8) is 0 Å². The Morgan fingerprint density at radius 2 is 2.18 bits per heavy atom. The van der Waals surface area contributed by atoms with Crippen LogP contribution in [0.25, 0.3) is 5.57 Å². The molecule has 0 radical (unpaired) electrons. The molecule has 0 bridgehead atoms. The Morgan fingerprint density at radius 3 is 2.64 bits per heavy atom. The molecular formula is C8H7Cl2N. The van der Waals surface area contributed by atoms with E-state index in [-0.39, 0.29) is 0 Å². The summed E-state index contributed by atoms with van der Waals surface area (Å²) in [4.78, 5) is 4.02. The van der Waals surface area contributed by atoms with Crippen molar-refractivity contribution in [3.8, 4) is 0 Å². The summed E-state index contributed by atoms with van der Waals surface area (Å²) in [7, 11) is 0. The molecule has 1 aromatic rings. The van der Waals surface area contributed by atoms with Crippen molar-refractivity contribution in [1.82, 2.24) is 4.98 Å². The van der Waals surface area contributed by atoms with Gasteiger partial charge in [0, 0.05) is 6.20 Å². The van der Waals surface area contributed by atoms with Crippen LogP contribution >= 0.6 is 23.2 Å². The first-order chi connectivity index (χ1) is 5.13. The van der Waals surface area contributed by atoms with Crippen molar-refractivity contribution >= 4 is 28.8 Å². The van der Waals surface area contributed by atoms with Gasteiger partial charge in [0.15, 0.2) is 0 Å². The molecule has 0 unspecified atom stereocenters. The lowest BCUT2D eigenvalue weighted by molar-refractivity contribution is 1.27. The molecule has 0 spiro atoms. The molecule has 0 saturated heterocycles. The van der Waals surface area contributed by atoms with Crippen LogP contribution in [0.4, 0.5) is 0 Å². The highest BCUT2D eigenvalue weighted by molar-refractivity contribution is 6.42. The molecule has 0 fully saturated rings. The SMILES string of the molecule is C=C(C)c1nccc(Cl)c1Cl. The van der Waals surface area contributed by atoms with Crippen LogP contribution in [0.5, 0.6) is 0 Å². The molecular weight excluding hydrogens is 181 g/mol. The van der Waals surface area contributed by atoms with Gasteiger partial charge in [-0.1, -0.05) is 29.8 Å². The molecule has 0 saturated carbocycles. The van der Waals surface area contributed by atoms with Gasteiger partial charge in [0.25, 0.3) is 0 Å². The molecule has 0 N–H and O–H groups in total. The predicted octanol–water partition coefficient (Wildman–Crippen LogP) is 3.42. The number of aromatic nitrogens is 1. The third-order valence-electron chi connectivity index (χ3n) is 1.25. The van der Waals surface area contributed by atoms with Gasteiger partial charge in [-0.2, -0.15) is 0 Å². The minimum atomic E-state index is 0.474. The zero-order valence-corrected chi connectivity index (χ0v) is 7.58. The van der Waals surface area contributed by atoms with Gasteiger partial charge < -0.3 is 0 Å². The minimum Gasteiger partial charge on any atom is -0.255 e. The highest BCUT2D eigenvalue weighted by Crippen LogP contribution is 2.27. The molecule has 0 aliphatic carbocycles. The maximum absolute atomic E-state index is 5.83. The van der Waals surface area contributed by atoms with E-state index in [1.165, 1.54) is 0 Å². The second-order valence-corrected chi connectivity index (χ2v) is 3.02. The van der Waals surface area contributed by atoms with Crippen molar-refractivity contribution in [1.29, 1.82) is 0 Å². The summed E-state index contributed by atoms with van der Waals surface area (Å²) in [5.41, 5.74) is 1.48. The van der Waals surface area contributed by atoms with Gasteiger partial charge in [0.2, 0.25) is 0 Å². The zero-order chi connectivity index (χ0) is 8.43. The highest BCUT2D eigenvalue weighted by atomic mass is 35.5. The van der Waals surface area contributed by atoms with Crippen LogP contribution in [0.1, 0.15) is 12.6 Å². The van der Waals surface area contributed by atoms with Gasteiger partial charge in [-0.3, -0.25) is 4.98 Å². The summed E-state index contributed by atoms with van der Waals surface area (Å²) >= 11 is 11.6. The number of hydrogen-bond acceptors (Lipinski definition) is 1. The predicted molar refractivity (Wildman–Crippen MR) is 49.0 cm³/mol. The molecule has 0 aliphatic heterocycles. The van der Waals surface area contributed by atoms with Crippen LogP contribution < -0.4 is 0 Å². The summed E-state index contributed by atoms with van der Waals surface area (Å²) in [6.07, 6.45) is 1.61. The largest absolute Gasteiger partial charge is 0.255 e. The van der Waals surface area contributed by atoms with Crippen LogP contribution in [0.2, 0.25) is 10.0 Å². The van der Waals surface area contributed by atoms with Gasteiger partial charge in [-0.15, -0.1) is 0 Å². The Kier molecular flexibility index (Phi) is 2.53. The Labute approximate surface area is 75.7 Å². The van der Waals surface area contributed by atoms with E-state index in [9.17, 15) is 0 Å². The second-order valence-electron chi connectivity index (χ2n) is 2.24. The van der Waals surface area contributed by atoms with Gasteiger partial charge in [-0.25, -0.2) is 0 Å². The second kappa shape index (κ2) is 3.24. The first-order valence-corrected chi connectivity index (χ1v) is 3.84. The fraction of sp³-hybridized carbons (Fsp3) is 0.125. The third kappa shape index (κ3) is 1.73. The van der Waals surface area contributed by atoms with E-state index in [4.69, 9.17) is 23.2 Å². The fourth-order valence-electron chi connectivity index (χ4n) is 0.718. The van der Waals surface area contributed by atoms with Crippen molar-refractivity contribution in [3.05, 3.63) is 34.6 Å². The molecule has 1 rings (SSSR count). The number of allylic oxidation sites excluding steroid dienone is 1. The maximum atomic E-state index is 5.83. The van der Waals surface area contributed by atoms with E-state index in [2.05, 4.69) is 11.6 Å². The Balaban J connectivity index is 3.27. The third-order valence-corrected chi connectivity index (χ3v) is 2.04. The van der Waals surface area contributed by atoms with E-state index >= 15 is 0 Å². The summed E-state index contributed by atoms with van der Waals surface area (Å²) in [6.45, 7) is 5.56. The molecule has 1 aromatic heterocycles. The number of rotatable bonds is 1. The lowest BCUT2D eigenvalue weighted by atomic mass is 10.2. The van der Waals surface area contributed by atoms with E-state index in [1.807, 2.05) is 6.92 Å². The van der Waals surface area contributed by atoms with Crippen LogP contribution in [0.3, 0.4) is 0 Å². The van der Waals surface area contributed by atoms with Gasteiger partial charge >= 0.3 is 0 Å². The molecule has 3 heteroatoms. The molecule has 0 aliphatic rings. The monoisotopic (exact) mass is 187 g/mol. The molecule has 0 atom stereocenters. The number of nitrogens with zero attached hydrogens (tertiary/aromatic N) is 1. The molecule has 11 heavy (non-hydrogen) atoms. The standard InChI is InChI=1S/C8H7Cl2N/c1-5(2)8-7(10)6(9)3-4-11-8/h3-4H,1H2,2H3. The zero-order valence-electron chi connectivity index (χ0n) is 6.06. The Bertz CT molecular complexity index is 294. The van der Waals surface area contributed by atoms with Crippen LogP contribution in [-0.2, 0) is 0 Å². The molecule has 0 aromatic carbocycles. The molecule has 1 nitrogen and oxygen atoms in total. The van der Waals surface area contributed by atoms with Gasteiger partial charge in [0.05, 0.1) is 15.7 Å². The highest BCUT2D eigenvalue weighted by Gasteiger charge is 2.04. The number of halogens is 2. The summed E-state index contributed by atoms with van der Waals surface area (Å²) in [6, 6.07) is 1.65.